The summed E-state index contributed by atoms with van der Waals surface area (Å²) in [6.07, 6.45) is 2.97. The summed E-state index contributed by atoms with van der Waals surface area (Å²) in [6.45, 7) is 1.49. The molecule has 27 heavy (non-hydrogen) atoms. The molecule has 2 heterocycles. The number of nitrogens with one attached hydrogen (secondary N) is 1. The Morgan fingerprint density at radius 3 is 2.67 bits per heavy atom. The van der Waals surface area contributed by atoms with Crippen molar-refractivity contribution in [1.82, 2.24) is 19.7 Å². The smallest absolute Gasteiger partial charge is 0.269 e. The Hall–Kier alpha value is -3.34. The van der Waals surface area contributed by atoms with Crippen LogP contribution in [0.1, 0.15) is 16.9 Å². The number of aryl methyl sites for hydroxylation is 2. The van der Waals surface area contributed by atoms with Crippen LogP contribution in [0, 0.1) is 0 Å². The molecule has 0 radical (unpaired) electrons. The van der Waals surface area contributed by atoms with E-state index in [9.17, 15) is 4.79 Å². The number of hydrogen-bond acceptors (Lipinski definition) is 2. The lowest BCUT2D eigenvalue weighted by atomic mass is 10.1. The van der Waals surface area contributed by atoms with E-state index in [1.165, 1.54) is 10.9 Å². The van der Waals surface area contributed by atoms with Crippen LogP contribution in [0.3, 0.4) is 0 Å². The van der Waals surface area contributed by atoms with Crippen molar-refractivity contribution in [2.24, 2.45) is 7.05 Å². The molecule has 0 aliphatic heterocycles. The third kappa shape index (κ3) is 3.62. The normalized spacial score (nSPS) is 11.0. The van der Waals surface area contributed by atoms with Gasteiger partial charge in [-0.2, -0.15) is 5.10 Å². The van der Waals surface area contributed by atoms with Crippen molar-refractivity contribution in [2.45, 2.75) is 13.0 Å². The van der Waals surface area contributed by atoms with E-state index in [0.717, 1.165) is 24.2 Å². The molecule has 2 aromatic heterocycles. The van der Waals surface area contributed by atoms with Crippen LogP contribution in [0.25, 0.3) is 22.2 Å². The van der Waals surface area contributed by atoms with Gasteiger partial charge in [-0.1, -0.05) is 48.5 Å². The van der Waals surface area contributed by atoms with Gasteiger partial charge in [0.2, 0.25) is 0 Å². The third-order valence-electron chi connectivity index (χ3n) is 4.72. The van der Waals surface area contributed by atoms with Crippen LogP contribution in [-0.4, -0.2) is 26.8 Å². The Bertz CT molecular complexity index is 1060. The van der Waals surface area contributed by atoms with E-state index >= 15 is 0 Å². The lowest BCUT2D eigenvalue weighted by Crippen LogP contribution is -2.27. The van der Waals surface area contributed by atoms with Crippen LogP contribution in [0.2, 0.25) is 0 Å². The average Bonchev–Trinajstić information content (AvgIpc) is 3.29. The highest BCUT2D eigenvalue weighted by atomic mass is 16.2. The molecule has 0 fully saturated rings. The molecule has 4 rings (SSSR count). The Balaban J connectivity index is 1.35. The minimum Gasteiger partial charge on any atom is -0.351 e. The van der Waals surface area contributed by atoms with Crippen LogP contribution in [0.5, 0.6) is 0 Å². The molecule has 5 nitrogen and oxygen atoms in total. The number of nitrogens with zero attached hydrogens (tertiary/aromatic N) is 3. The molecule has 0 aliphatic carbocycles. The molecule has 5 heteroatoms. The summed E-state index contributed by atoms with van der Waals surface area (Å²) >= 11 is 0. The highest BCUT2D eigenvalue weighted by molar-refractivity contribution is 5.93. The summed E-state index contributed by atoms with van der Waals surface area (Å²) in [6, 6.07) is 22.2. The van der Waals surface area contributed by atoms with Gasteiger partial charge in [0.15, 0.2) is 0 Å². The van der Waals surface area contributed by atoms with Gasteiger partial charge in [0.1, 0.15) is 5.69 Å². The molecule has 0 atom stereocenters. The van der Waals surface area contributed by atoms with Gasteiger partial charge in [-0.25, -0.2) is 0 Å². The second-order valence-electron chi connectivity index (χ2n) is 6.58. The largest absolute Gasteiger partial charge is 0.351 e. The zero-order chi connectivity index (χ0) is 18.6. The van der Waals surface area contributed by atoms with Crippen molar-refractivity contribution in [3.05, 3.63) is 78.6 Å². The fourth-order valence-electron chi connectivity index (χ4n) is 3.31. The first kappa shape index (κ1) is 17.1. The summed E-state index contributed by atoms with van der Waals surface area (Å²) in [4.78, 5) is 12.5. The maximum Gasteiger partial charge on any atom is 0.269 e. The van der Waals surface area contributed by atoms with Crippen molar-refractivity contribution in [2.75, 3.05) is 6.54 Å². The molecule has 0 unspecified atom stereocenters. The second-order valence-corrected chi connectivity index (χ2v) is 6.58. The number of fused-ring (bicyclic) bond motifs is 1. The van der Waals surface area contributed by atoms with Gasteiger partial charge in [0, 0.05) is 37.4 Å². The highest BCUT2D eigenvalue weighted by Gasteiger charge is 2.13. The second kappa shape index (κ2) is 7.50. The summed E-state index contributed by atoms with van der Waals surface area (Å²) in [5.74, 6) is -0.0930. The van der Waals surface area contributed by atoms with Gasteiger partial charge in [-0.3, -0.25) is 9.48 Å². The lowest BCUT2D eigenvalue weighted by molar-refractivity contribution is 0.0943. The predicted octanol–water partition coefficient (Wildman–Crippen LogP) is 3.86. The monoisotopic (exact) mass is 358 g/mol. The first-order chi connectivity index (χ1) is 13.2. The first-order valence-corrected chi connectivity index (χ1v) is 9.14. The molecule has 136 valence electrons. The van der Waals surface area contributed by atoms with Gasteiger partial charge in [-0.05, 0) is 30.0 Å². The number of aromatic nitrogens is 3. The lowest BCUT2D eigenvalue weighted by Gasteiger charge is -2.07. The Morgan fingerprint density at radius 1 is 1.04 bits per heavy atom. The number of carbonyl (C=O) groups is 1. The summed E-state index contributed by atoms with van der Waals surface area (Å²) in [7, 11) is 1.80. The van der Waals surface area contributed by atoms with Crippen molar-refractivity contribution >= 4 is 16.8 Å². The van der Waals surface area contributed by atoms with E-state index in [2.05, 4.69) is 39.4 Å². The molecule has 0 bridgehead atoms. The van der Waals surface area contributed by atoms with E-state index in [1.807, 2.05) is 48.5 Å². The Kier molecular flexibility index (Phi) is 4.75. The summed E-state index contributed by atoms with van der Waals surface area (Å²) < 4.78 is 3.86. The maximum absolute atomic E-state index is 12.5. The number of benzene rings is 2. The van der Waals surface area contributed by atoms with Gasteiger partial charge < -0.3 is 9.88 Å². The molecular weight excluding hydrogens is 336 g/mol. The first-order valence-electron chi connectivity index (χ1n) is 9.14. The van der Waals surface area contributed by atoms with Gasteiger partial charge in [-0.15, -0.1) is 0 Å². The zero-order valence-electron chi connectivity index (χ0n) is 15.3. The predicted molar refractivity (Wildman–Crippen MR) is 108 cm³/mol. The molecule has 2 aromatic carbocycles. The molecular formula is C22H22N4O. The van der Waals surface area contributed by atoms with Crippen molar-refractivity contribution in [1.29, 1.82) is 0 Å². The van der Waals surface area contributed by atoms with Crippen LogP contribution in [0.4, 0.5) is 0 Å². The molecule has 0 aliphatic rings. The van der Waals surface area contributed by atoms with Crippen LogP contribution < -0.4 is 5.32 Å². The molecule has 0 saturated heterocycles. The van der Waals surface area contributed by atoms with E-state index in [-0.39, 0.29) is 5.91 Å². The quantitative estimate of drug-likeness (QED) is 0.532. The van der Waals surface area contributed by atoms with E-state index in [4.69, 9.17) is 0 Å². The topological polar surface area (TPSA) is 51.9 Å². The van der Waals surface area contributed by atoms with E-state index in [0.29, 0.717) is 12.2 Å². The van der Waals surface area contributed by atoms with Crippen LogP contribution in [-0.2, 0) is 13.6 Å². The van der Waals surface area contributed by atoms with Gasteiger partial charge in [0.25, 0.3) is 5.91 Å². The fraction of sp³-hybridized carbons (Fsp3) is 0.182. The van der Waals surface area contributed by atoms with Crippen molar-refractivity contribution in [3.63, 3.8) is 0 Å². The van der Waals surface area contributed by atoms with E-state index in [1.54, 1.807) is 11.7 Å². The molecule has 4 aromatic rings. The number of rotatable bonds is 6. The molecule has 0 saturated carbocycles. The highest BCUT2D eigenvalue weighted by Crippen LogP contribution is 2.18. The zero-order valence-corrected chi connectivity index (χ0v) is 15.3. The standard InChI is InChI=1S/C22H22N4O/c1-25-21(16-19(24-25)17-8-3-2-4-9-17)22(27)23-13-7-14-26-15-12-18-10-5-6-11-20(18)26/h2-6,8-12,15-16H,7,13-14H2,1H3,(H,23,27). The maximum atomic E-state index is 12.5. The molecule has 1 amide bonds. The number of hydrogen-bond donors (Lipinski definition) is 1. The van der Waals surface area contributed by atoms with Crippen molar-refractivity contribution < 1.29 is 4.79 Å². The van der Waals surface area contributed by atoms with Gasteiger partial charge in [0.05, 0.1) is 5.69 Å². The van der Waals surface area contributed by atoms with Crippen LogP contribution >= 0.6 is 0 Å². The molecule has 0 spiro atoms. The van der Waals surface area contributed by atoms with Crippen LogP contribution in [0.15, 0.2) is 72.9 Å². The minimum atomic E-state index is -0.0930. The Morgan fingerprint density at radius 2 is 1.81 bits per heavy atom. The number of carbonyl (C=O) groups excluding carboxylic acids is 1. The third-order valence-corrected chi connectivity index (χ3v) is 4.72. The SMILES string of the molecule is Cn1nc(-c2ccccc2)cc1C(=O)NCCCn1ccc2ccccc21. The summed E-state index contributed by atoms with van der Waals surface area (Å²) in [5, 5.41) is 8.70. The number of amides is 1. The molecule has 1 N–H and O–H groups in total. The summed E-state index contributed by atoms with van der Waals surface area (Å²) in [5.41, 5.74) is 3.61. The Labute approximate surface area is 158 Å². The fourth-order valence-corrected chi connectivity index (χ4v) is 3.31. The van der Waals surface area contributed by atoms with Crippen molar-refractivity contribution in [3.8, 4) is 11.3 Å². The average molecular weight is 358 g/mol. The van der Waals surface area contributed by atoms with E-state index < -0.39 is 0 Å². The minimum absolute atomic E-state index is 0.0930. The van der Waals surface area contributed by atoms with Gasteiger partial charge >= 0.3 is 0 Å². The number of para-hydroxylation sites is 1.